The van der Waals surface area contributed by atoms with Crippen molar-refractivity contribution in [1.82, 2.24) is 0 Å². The number of nitro groups is 1. The fourth-order valence-corrected chi connectivity index (χ4v) is 2.58. The van der Waals surface area contributed by atoms with Gasteiger partial charge < -0.3 is 10.3 Å². The van der Waals surface area contributed by atoms with Crippen molar-refractivity contribution in [3.8, 4) is 0 Å². The van der Waals surface area contributed by atoms with Gasteiger partial charge in [-0.25, -0.2) is 0 Å². The number of nitrogens with one attached hydrogen (secondary N) is 1. The summed E-state index contributed by atoms with van der Waals surface area (Å²) in [5.74, 6) is 5.37. The lowest BCUT2D eigenvalue weighted by atomic mass is 10.1. The van der Waals surface area contributed by atoms with Crippen molar-refractivity contribution >= 4 is 17.1 Å². The number of para-hydroxylation sites is 1. The maximum atomic E-state index is 11.3. The van der Waals surface area contributed by atoms with Crippen LogP contribution in [0.4, 0.5) is 17.1 Å². The maximum absolute atomic E-state index is 11.3. The topological polar surface area (TPSA) is 84.4 Å². The van der Waals surface area contributed by atoms with Crippen LogP contribution in [0.3, 0.4) is 0 Å². The van der Waals surface area contributed by atoms with Crippen LogP contribution in [0, 0.1) is 10.1 Å². The number of nitrogens with two attached hydrogens (primary N) is 1. The zero-order valence-corrected chi connectivity index (χ0v) is 11.0. The first-order chi connectivity index (χ1) is 9.24. The molecule has 0 radical (unpaired) electrons. The molecule has 1 heterocycles. The molecule has 1 saturated heterocycles. The van der Waals surface area contributed by atoms with E-state index in [1.807, 2.05) is 0 Å². The third-order valence-corrected chi connectivity index (χ3v) is 3.55. The highest BCUT2D eigenvalue weighted by atomic mass is 16.6. The molecule has 0 amide bonds. The van der Waals surface area contributed by atoms with Crippen molar-refractivity contribution in [2.75, 3.05) is 23.4 Å². The molecule has 0 bridgehead atoms. The van der Waals surface area contributed by atoms with E-state index in [1.165, 1.54) is 19.3 Å². The summed E-state index contributed by atoms with van der Waals surface area (Å²) in [4.78, 5) is 13.0. The van der Waals surface area contributed by atoms with Gasteiger partial charge >= 0.3 is 5.69 Å². The molecule has 0 saturated carbocycles. The van der Waals surface area contributed by atoms with E-state index < -0.39 is 0 Å². The van der Waals surface area contributed by atoms with E-state index in [4.69, 9.17) is 5.84 Å². The van der Waals surface area contributed by atoms with Gasteiger partial charge in [0.25, 0.3) is 0 Å². The SMILES string of the molecule is NNc1cccc(N2CCCCCCC2)c1[N+](=O)[O-]. The first-order valence-corrected chi connectivity index (χ1v) is 6.73. The van der Waals surface area contributed by atoms with Crippen LogP contribution in [-0.4, -0.2) is 18.0 Å². The zero-order chi connectivity index (χ0) is 13.7. The third kappa shape index (κ3) is 3.14. The molecular formula is C13H20N4O2. The molecule has 0 aromatic heterocycles. The van der Waals surface area contributed by atoms with E-state index in [9.17, 15) is 10.1 Å². The molecule has 1 fully saturated rings. The normalized spacial score (nSPS) is 16.6. The van der Waals surface area contributed by atoms with E-state index in [2.05, 4.69) is 10.3 Å². The van der Waals surface area contributed by atoms with Crippen LogP contribution < -0.4 is 16.2 Å². The Labute approximate surface area is 112 Å². The van der Waals surface area contributed by atoms with Gasteiger partial charge in [0, 0.05) is 13.1 Å². The second-order valence-corrected chi connectivity index (χ2v) is 4.83. The minimum atomic E-state index is -0.358. The molecule has 2 rings (SSSR count). The Bertz CT molecular complexity index is 442. The number of anilines is 2. The van der Waals surface area contributed by atoms with Crippen LogP contribution in [0.2, 0.25) is 0 Å². The van der Waals surface area contributed by atoms with E-state index in [0.717, 1.165) is 25.9 Å². The van der Waals surface area contributed by atoms with Crippen LogP contribution in [0.5, 0.6) is 0 Å². The minimum absolute atomic E-state index is 0.0746. The summed E-state index contributed by atoms with van der Waals surface area (Å²) < 4.78 is 0. The molecule has 6 heteroatoms. The molecule has 104 valence electrons. The molecule has 6 nitrogen and oxygen atoms in total. The number of hydrogen-bond acceptors (Lipinski definition) is 5. The Balaban J connectivity index is 2.33. The van der Waals surface area contributed by atoms with Gasteiger partial charge in [-0.15, -0.1) is 0 Å². The summed E-state index contributed by atoms with van der Waals surface area (Å²) in [7, 11) is 0. The molecular weight excluding hydrogens is 244 g/mol. The number of rotatable bonds is 3. The summed E-state index contributed by atoms with van der Waals surface area (Å²) in [6.07, 6.45) is 5.81. The summed E-state index contributed by atoms with van der Waals surface area (Å²) in [6.45, 7) is 1.74. The molecule has 3 N–H and O–H groups in total. The first kappa shape index (κ1) is 13.6. The standard InChI is InChI=1S/C13H20N4O2/c14-15-11-7-6-8-12(13(11)17(18)19)16-9-4-2-1-3-5-10-16/h6-8,15H,1-5,9-10,14H2. The number of hydrazine groups is 1. The van der Waals surface area contributed by atoms with Crippen LogP contribution in [0.25, 0.3) is 0 Å². The highest BCUT2D eigenvalue weighted by Crippen LogP contribution is 2.35. The van der Waals surface area contributed by atoms with Gasteiger partial charge in [-0.1, -0.05) is 25.3 Å². The van der Waals surface area contributed by atoms with Gasteiger partial charge in [-0.3, -0.25) is 16.0 Å². The van der Waals surface area contributed by atoms with Gasteiger partial charge in [0.05, 0.1) is 4.92 Å². The molecule has 1 aliphatic heterocycles. The molecule has 1 aromatic rings. The average molecular weight is 264 g/mol. The van der Waals surface area contributed by atoms with Crippen LogP contribution in [0.1, 0.15) is 32.1 Å². The molecule has 0 atom stereocenters. The van der Waals surface area contributed by atoms with E-state index in [0.29, 0.717) is 11.4 Å². The van der Waals surface area contributed by atoms with E-state index >= 15 is 0 Å². The summed E-state index contributed by atoms with van der Waals surface area (Å²) in [6, 6.07) is 5.24. The smallest absolute Gasteiger partial charge is 0.316 e. The molecule has 19 heavy (non-hydrogen) atoms. The quantitative estimate of drug-likeness (QED) is 0.498. The van der Waals surface area contributed by atoms with Crippen molar-refractivity contribution < 1.29 is 4.92 Å². The lowest BCUT2D eigenvalue weighted by Crippen LogP contribution is -2.28. The third-order valence-electron chi connectivity index (χ3n) is 3.55. The Hall–Kier alpha value is -1.82. The highest BCUT2D eigenvalue weighted by Gasteiger charge is 2.23. The molecule has 0 aliphatic carbocycles. The summed E-state index contributed by atoms with van der Waals surface area (Å²) in [5, 5.41) is 11.3. The fourth-order valence-electron chi connectivity index (χ4n) is 2.58. The number of nitro benzene ring substituents is 1. The van der Waals surface area contributed by atoms with E-state index in [-0.39, 0.29) is 10.6 Å². The van der Waals surface area contributed by atoms with Gasteiger partial charge in [0.15, 0.2) is 0 Å². The number of benzene rings is 1. The van der Waals surface area contributed by atoms with Crippen LogP contribution in [-0.2, 0) is 0 Å². The number of nitrogens with zero attached hydrogens (tertiary/aromatic N) is 2. The molecule has 1 aromatic carbocycles. The molecule has 0 unspecified atom stereocenters. The van der Waals surface area contributed by atoms with Gasteiger partial charge in [-0.2, -0.15) is 0 Å². The largest absolute Gasteiger partial charge is 0.366 e. The number of nitrogen functional groups attached to an aromatic ring is 1. The monoisotopic (exact) mass is 264 g/mol. The lowest BCUT2D eigenvalue weighted by molar-refractivity contribution is -0.383. The zero-order valence-electron chi connectivity index (χ0n) is 11.0. The first-order valence-electron chi connectivity index (χ1n) is 6.73. The second kappa shape index (κ2) is 6.38. The van der Waals surface area contributed by atoms with Crippen molar-refractivity contribution in [1.29, 1.82) is 0 Å². The Kier molecular flexibility index (Phi) is 4.57. The van der Waals surface area contributed by atoms with Crippen LogP contribution >= 0.6 is 0 Å². The lowest BCUT2D eigenvalue weighted by Gasteiger charge is -2.26. The number of hydrogen-bond donors (Lipinski definition) is 2. The van der Waals surface area contributed by atoms with Gasteiger partial charge in [0.2, 0.25) is 0 Å². The Morgan fingerprint density at radius 3 is 2.37 bits per heavy atom. The van der Waals surface area contributed by atoms with Gasteiger partial charge in [0.1, 0.15) is 11.4 Å². The minimum Gasteiger partial charge on any atom is -0.366 e. The van der Waals surface area contributed by atoms with Crippen molar-refractivity contribution in [2.24, 2.45) is 5.84 Å². The predicted octanol–water partition coefficient (Wildman–Crippen LogP) is 2.65. The second-order valence-electron chi connectivity index (χ2n) is 4.83. The average Bonchev–Trinajstić information content (AvgIpc) is 2.37. The van der Waals surface area contributed by atoms with Crippen molar-refractivity contribution in [3.63, 3.8) is 0 Å². The van der Waals surface area contributed by atoms with Crippen molar-refractivity contribution in [2.45, 2.75) is 32.1 Å². The summed E-state index contributed by atoms with van der Waals surface area (Å²) in [5.41, 5.74) is 3.52. The molecule has 0 spiro atoms. The van der Waals surface area contributed by atoms with Crippen molar-refractivity contribution in [3.05, 3.63) is 28.3 Å². The summed E-state index contributed by atoms with van der Waals surface area (Å²) >= 11 is 0. The van der Waals surface area contributed by atoms with Crippen LogP contribution in [0.15, 0.2) is 18.2 Å². The molecule has 1 aliphatic rings. The predicted molar refractivity (Wildman–Crippen MR) is 76.2 cm³/mol. The maximum Gasteiger partial charge on any atom is 0.316 e. The highest BCUT2D eigenvalue weighted by molar-refractivity contribution is 5.76. The van der Waals surface area contributed by atoms with Gasteiger partial charge in [-0.05, 0) is 25.0 Å². The Morgan fingerprint density at radius 1 is 1.16 bits per heavy atom. The Morgan fingerprint density at radius 2 is 1.79 bits per heavy atom. The van der Waals surface area contributed by atoms with E-state index in [1.54, 1.807) is 18.2 Å². The fraction of sp³-hybridized carbons (Fsp3) is 0.538.